The molecule has 0 bridgehead atoms. The number of carbonyl (C=O) groups excluding carboxylic acids is 3. The highest BCUT2D eigenvalue weighted by Gasteiger charge is 2.56. The van der Waals surface area contributed by atoms with Gasteiger partial charge in [0, 0.05) is 16.3 Å². The third-order valence-corrected chi connectivity index (χ3v) is 9.34. The summed E-state index contributed by atoms with van der Waals surface area (Å²) in [5.74, 6) is -2.41. The Morgan fingerprint density at radius 2 is 1.38 bits per heavy atom. The summed E-state index contributed by atoms with van der Waals surface area (Å²) in [7, 11) is 0. The Labute approximate surface area is 284 Å². The fraction of sp³-hybridized carbons (Fsp3) is 0.154. The summed E-state index contributed by atoms with van der Waals surface area (Å²) in [5, 5.41) is 6.89. The maximum absolute atomic E-state index is 15.4. The zero-order chi connectivity index (χ0) is 34.1. The number of halogens is 1. The number of nitrogen functional groups attached to an aromatic ring is 1. The Morgan fingerprint density at radius 3 is 1.92 bits per heavy atom. The van der Waals surface area contributed by atoms with E-state index in [1.165, 1.54) is 17.0 Å². The predicted molar refractivity (Wildman–Crippen MR) is 189 cm³/mol. The quantitative estimate of drug-likeness (QED) is 0.153. The standard InChI is InChI=1S/C39H36ClN5O3/c1-25(2)39(37(42)48,28-18-10-5-11-19-28)45-33-21-13-12-20-31(33)38(26-14-6-3-7-15-26,27-16-8-4-9-17-27)44-34(36(45)47)43-35(46)30-23-22-29(40)24-32(30)41/h3-25,34,44H,41H2,1-2H3,(H2,42,48)(H,43,46). The minimum atomic E-state index is -1.66. The van der Waals surface area contributed by atoms with Crippen molar-refractivity contribution in [1.82, 2.24) is 10.6 Å². The molecule has 242 valence electrons. The lowest BCUT2D eigenvalue weighted by molar-refractivity contribution is -0.131. The van der Waals surface area contributed by atoms with Crippen molar-refractivity contribution in [2.45, 2.75) is 31.1 Å². The molecule has 5 aromatic rings. The molecule has 6 N–H and O–H groups in total. The van der Waals surface area contributed by atoms with Crippen LogP contribution >= 0.6 is 11.6 Å². The van der Waals surface area contributed by atoms with Crippen LogP contribution in [0.5, 0.6) is 0 Å². The topological polar surface area (TPSA) is 131 Å². The molecule has 48 heavy (non-hydrogen) atoms. The monoisotopic (exact) mass is 657 g/mol. The predicted octanol–water partition coefficient (Wildman–Crippen LogP) is 5.94. The summed E-state index contributed by atoms with van der Waals surface area (Å²) < 4.78 is 0. The average Bonchev–Trinajstić information content (AvgIpc) is 3.19. The number of fused-ring (bicyclic) bond motifs is 1. The Hall–Kier alpha value is -5.44. The van der Waals surface area contributed by atoms with E-state index >= 15 is 4.79 Å². The molecule has 1 heterocycles. The molecule has 9 heteroatoms. The first-order valence-corrected chi connectivity index (χ1v) is 16.0. The molecular formula is C39H36ClN5O3. The highest BCUT2D eigenvalue weighted by molar-refractivity contribution is 6.31. The number of nitrogens with one attached hydrogen (secondary N) is 2. The molecule has 6 rings (SSSR count). The van der Waals surface area contributed by atoms with Crippen molar-refractivity contribution in [3.63, 3.8) is 0 Å². The van der Waals surface area contributed by atoms with E-state index in [1.807, 2.05) is 117 Å². The van der Waals surface area contributed by atoms with E-state index in [2.05, 4.69) is 10.6 Å². The van der Waals surface area contributed by atoms with Gasteiger partial charge in [-0.05, 0) is 46.9 Å². The minimum Gasteiger partial charge on any atom is -0.398 e. The Morgan fingerprint density at radius 1 is 0.833 bits per heavy atom. The second kappa shape index (κ2) is 13.0. The molecule has 0 aliphatic carbocycles. The highest BCUT2D eigenvalue weighted by Crippen LogP contribution is 2.48. The first kappa shape index (κ1) is 32.5. The van der Waals surface area contributed by atoms with Crippen LogP contribution in [0, 0.1) is 5.92 Å². The number of para-hydroxylation sites is 1. The maximum atomic E-state index is 15.4. The van der Waals surface area contributed by atoms with Crippen molar-refractivity contribution in [3.8, 4) is 0 Å². The molecule has 3 amide bonds. The van der Waals surface area contributed by atoms with Crippen molar-refractivity contribution in [3.05, 3.63) is 166 Å². The number of rotatable bonds is 8. The fourth-order valence-corrected chi connectivity index (χ4v) is 7.15. The van der Waals surface area contributed by atoms with Crippen molar-refractivity contribution in [1.29, 1.82) is 0 Å². The van der Waals surface area contributed by atoms with Crippen molar-refractivity contribution < 1.29 is 14.4 Å². The number of nitrogens with zero attached hydrogens (tertiary/aromatic N) is 1. The van der Waals surface area contributed by atoms with Gasteiger partial charge in [0.25, 0.3) is 11.8 Å². The van der Waals surface area contributed by atoms with Gasteiger partial charge in [-0.2, -0.15) is 0 Å². The summed E-state index contributed by atoms with van der Waals surface area (Å²) in [5.41, 5.74) is 13.3. The summed E-state index contributed by atoms with van der Waals surface area (Å²) in [6.45, 7) is 3.71. The van der Waals surface area contributed by atoms with E-state index in [9.17, 15) is 9.59 Å². The zero-order valence-corrected chi connectivity index (χ0v) is 27.3. The Kier molecular flexibility index (Phi) is 8.79. The molecule has 1 aliphatic heterocycles. The van der Waals surface area contributed by atoms with E-state index in [1.54, 1.807) is 18.2 Å². The van der Waals surface area contributed by atoms with E-state index in [-0.39, 0.29) is 11.3 Å². The summed E-state index contributed by atoms with van der Waals surface area (Å²) >= 11 is 6.14. The third-order valence-electron chi connectivity index (χ3n) is 9.10. The van der Waals surface area contributed by atoms with Crippen LogP contribution in [0.15, 0.2) is 133 Å². The van der Waals surface area contributed by atoms with Crippen LogP contribution in [0.2, 0.25) is 5.02 Å². The van der Waals surface area contributed by atoms with E-state index in [0.29, 0.717) is 21.8 Å². The normalized spacial score (nSPS) is 16.8. The molecule has 0 spiro atoms. The van der Waals surface area contributed by atoms with Crippen LogP contribution < -0.4 is 27.0 Å². The number of primary amides is 1. The molecule has 0 radical (unpaired) electrons. The summed E-state index contributed by atoms with van der Waals surface area (Å²) in [6.07, 6.45) is -1.39. The third kappa shape index (κ3) is 5.29. The molecule has 5 aromatic carbocycles. The molecule has 0 fully saturated rings. The average molecular weight is 658 g/mol. The second-order valence-electron chi connectivity index (χ2n) is 12.1. The fourth-order valence-electron chi connectivity index (χ4n) is 6.97. The van der Waals surface area contributed by atoms with E-state index < -0.39 is 40.9 Å². The van der Waals surface area contributed by atoms with Gasteiger partial charge in [-0.25, -0.2) is 0 Å². The van der Waals surface area contributed by atoms with Gasteiger partial charge in [0.15, 0.2) is 11.7 Å². The summed E-state index contributed by atoms with van der Waals surface area (Å²) in [6, 6.07) is 40.4. The van der Waals surface area contributed by atoms with Gasteiger partial charge in [0.05, 0.1) is 16.8 Å². The lowest BCUT2D eigenvalue weighted by Crippen LogP contribution is -2.66. The zero-order valence-electron chi connectivity index (χ0n) is 26.6. The van der Waals surface area contributed by atoms with Crippen molar-refractivity contribution in [2.75, 3.05) is 10.6 Å². The van der Waals surface area contributed by atoms with Gasteiger partial charge < -0.3 is 16.8 Å². The van der Waals surface area contributed by atoms with E-state index in [4.69, 9.17) is 23.1 Å². The molecule has 2 unspecified atom stereocenters. The van der Waals surface area contributed by atoms with Crippen LogP contribution in [0.1, 0.15) is 46.5 Å². The number of carbonyl (C=O) groups is 3. The first-order chi connectivity index (χ1) is 23.1. The van der Waals surface area contributed by atoms with Crippen molar-refractivity contribution >= 4 is 40.7 Å². The Bertz CT molecular complexity index is 1930. The molecule has 0 saturated heterocycles. The van der Waals surface area contributed by atoms with Gasteiger partial charge in [-0.3, -0.25) is 24.6 Å². The number of amides is 3. The van der Waals surface area contributed by atoms with Crippen molar-refractivity contribution in [2.24, 2.45) is 11.7 Å². The molecule has 0 saturated carbocycles. The molecule has 2 atom stereocenters. The SMILES string of the molecule is CC(C)C(C(N)=O)(c1ccccc1)N1C(=O)C(NC(=O)c2ccc(Cl)cc2N)NC(c2ccccc2)(c2ccccc2)c2ccccc21. The van der Waals surface area contributed by atoms with E-state index in [0.717, 1.165) is 11.1 Å². The second-order valence-corrected chi connectivity index (χ2v) is 12.5. The van der Waals surface area contributed by atoms with Gasteiger partial charge in [-0.15, -0.1) is 0 Å². The number of nitrogens with two attached hydrogens (primary N) is 2. The van der Waals surface area contributed by atoms with Gasteiger partial charge in [-0.1, -0.05) is 135 Å². The number of hydrogen-bond acceptors (Lipinski definition) is 5. The lowest BCUT2D eigenvalue weighted by atomic mass is 9.74. The molecule has 0 aromatic heterocycles. The number of hydrogen-bond donors (Lipinski definition) is 4. The number of benzene rings is 5. The first-order valence-electron chi connectivity index (χ1n) is 15.7. The van der Waals surface area contributed by atoms with Gasteiger partial charge in [0.2, 0.25) is 5.91 Å². The molecule has 8 nitrogen and oxygen atoms in total. The highest BCUT2D eigenvalue weighted by atomic mass is 35.5. The minimum absolute atomic E-state index is 0.139. The van der Waals surface area contributed by atoms with Crippen LogP contribution in [-0.4, -0.2) is 23.9 Å². The van der Waals surface area contributed by atoms with Crippen LogP contribution in [-0.2, 0) is 20.7 Å². The van der Waals surface area contributed by atoms with Gasteiger partial charge in [0.1, 0.15) is 0 Å². The smallest absolute Gasteiger partial charge is 0.265 e. The van der Waals surface area contributed by atoms with Crippen LogP contribution in [0.4, 0.5) is 11.4 Å². The molecule has 1 aliphatic rings. The Balaban J connectivity index is 1.70. The van der Waals surface area contributed by atoms with Crippen LogP contribution in [0.3, 0.4) is 0 Å². The molecular weight excluding hydrogens is 622 g/mol. The maximum Gasteiger partial charge on any atom is 0.265 e. The summed E-state index contributed by atoms with van der Waals surface area (Å²) in [4.78, 5) is 44.9. The number of anilines is 2. The lowest BCUT2D eigenvalue weighted by Gasteiger charge is -2.45. The largest absolute Gasteiger partial charge is 0.398 e. The van der Waals surface area contributed by atoms with Gasteiger partial charge >= 0.3 is 0 Å². The van der Waals surface area contributed by atoms with Crippen LogP contribution in [0.25, 0.3) is 0 Å².